The number of hydrogen-bond acceptors (Lipinski definition) is 5. The van der Waals surface area contributed by atoms with Crippen molar-refractivity contribution in [1.82, 2.24) is 0 Å². The zero-order valence-electron chi connectivity index (χ0n) is 48.6. The third kappa shape index (κ3) is 61.1. The third-order valence-electron chi connectivity index (χ3n) is 13.6. The molecule has 5 heteroatoms. The Kier molecular flexibility index (Phi) is 60.9. The van der Waals surface area contributed by atoms with E-state index in [2.05, 4.69) is 123 Å². The van der Waals surface area contributed by atoms with Crippen molar-refractivity contribution in [2.24, 2.45) is 0 Å². The first kappa shape index (κ1) is 70.6. The van der Waals surface area contributed by atoms with Crippen LogP contribution in [-0.2, 0) is 19.1 Å². The SMILES string of the molecule is CC/C=C\C/C=C\C/C=C\C/C=C\C/C=C\C/C=C\C/C=C\C/C=C\CCCCCCCCCCCCCCCCCCC(=O)OC(CO)COC(=O)CCCCCCCCCCC/C=C\CCCCCCCC. The van der Waals surface area contributed by atoms with E-state index in [0.717, 1.165) is 89.9 Å². The molecule has 0 heterocycles. The molecule has 0 spiro atoms. The maximum atomic E-state index is 12.3. The second-order valence-electron chi connectivity index (χ2n) is 20.8. The zero-order chi connectivity index (χ0) is 53.4. The first-order chi connectivity index (χ1) is 36.6. The Balaban J connectivity index is 3.49. The summed E-state index contributed by atoms with van der Waals surface area (Å²) in [7, 11) is 0. The molecule has 0 aromatic heterocycles. The van der Waals surface area contributed by atoms with Crippen LogP contribution >= 0.6 is 0 Å². The van der Waals surface area contributed by atoms with Crippen LogP contribution in [0.25, 0.3) is 0 Å². The van der Waals surface area contributed by atoms with Crippen molar-refractivity contribution in [3.63, 3.8) is 0 Å². The van der Waals surface area contributed by atoms with Gasteiger partial charge in [0, 0.05) is 12.8 Å². The van der Waals surface area contributed by atoms with Gasteiger partial charge >= 0.3 is 11.9 Å². The number of rotatable bonds is 57. The molecule has 1 unspecified atom stereocenters. The van der Waals surface area contributed by atoms with Gasteiger partial charge in [0.2, 0.25) is 0 Å². The van der Waals surface area contributed by atoms with Gasteiger partial charge < -0.3 is 14.6 Å². The van der Waals surface area contributed by atoms with Crippen molar-refractivity contribution in [2.45, 2.75) is 302 Å². The average molecular weight is 1030 g/mol. The highest BCUT2D eigenvalue weighted by molar-refractivity contribution is 5.70. The van der Waals surface area contributed by atoms with Gasteiger partial charge in [-0.3, -0.25) is 9.59 Å². The van der Waals surface area contributed by atoms with E-state index in [1.807, 2.05) is 0 Å². The molecule has 424 valence electrons. The lowest BCUT2D eigenvalue weighted by Crippen LogP contribution is -2.28. The monoisotopic (exact) mass is 1030 g/mol. The largest absolute Gasteiger partial charge is 0.462 e. The van der Waals surface area contributed by atoms with E-state index in [9.17, 15) is 14.7 Å². The highest BCUT2D eigenvalue weighted by atomic mass is 16.6. The molecular weight excluding hydrogens is 909 g/mol. The maximum absolute atomic E-state index is 12.3. The topological polar surface area (TPSA) is 72.8 Å². The van der Waals surface area contributed by atoms with Crippen LogP contribution in [0, 0.1) is 0 Å². The predicted molar refractivity (Wildman–Crippen MR) is 325 cm³/mol. The van der Waals surface area contributed by atoms with Gasteiger partial charge in [-0.1, -0.05) is 290 Å². The minimum atomic E-state index is -0.777. The summed E-state index contributed by atoms with van der Waals surface area (Å²) in [6.45, 7) is 4.04. The maximum Gasteiger partial charge on any atom is 0.306 e. The summed E-state index contributed by atoms with van der Waals surface area (Å²) in [6.07, 6.45) is 92.3. The minimum absolute atomic E-state index is 0.0677. The fraction of sp³-hybridized carbons (Fsp3) is 0.710. The number of carbonyl (C=O) groups is 2. The van der Waals surface area contributed by atoms with Crippen LogP contribution in [0.2, 0.25) is 0 Å². The Bertz CT molecular complexity index is 1440. The number of aliphatic hydroxyl groups is 1. The Morgan fingerprint density at radius 3 is 0.892 bits per heavy atom. The van der Waals surface area contributed by atoms with Crippen molar-refractivity contribution in [2.75, 3.05) is 13.2 Å². The second kappa shape index (κ2) is 63.8. The van der Waals surface area contributed by atoms with Gasteiger partial charge in [0.25, 0.3) is 0 Å². The Labute approximate surface area is 459 Å². The fourth-order valence-electron chi connectivity index (χ4n) is 8.86. The summed E-state index contributed by atoms with van der Waals surface area (Å²) < 4.78 is 10.7. The van der Waals surface area contributed by atoms with Crippen LogP contribution in [0.1, 0.15) is 296 Å². The molecule has 1 atom stereocenters. The number of ether oxygens (including phenoxy) is 2. The standard InChI is InChI=1S/C69H118O5/c1-3-5-7-9-11-13-15-17-19-21-23-24-25-26-27-28-29-30-31-32-33-34-35-36-37-38-39-40-41-42-43-44-46-48-50-52-54-56-58-60-62-64-69(72)74-67(65-70)66-73-68(71)63-61-59-57-55-53-51-49-47-45-22-20-18-16-14-12-10-8-6-4-2/h5,7,11,13,17-20,23-24,26-27,29-30,32-33,35-36,67,70H,3-4,6,8-10,12,14-16,21-22,25,28,31,34,37-66H2,1-2H3/b7-5-,13-11-,19-17-,20-18-,24-23-,27-26-,30-29-,33-32-,36-35-. The quantitative estimate of drug-likeness (QED) is 0.0373. The Hall–Kier alpha value is -3.44. The molecule has 0 bridgehead atoms. The number of carbonyl (C=O) groups excluding carboxylic acids is 2. The van der Waals surface area contributed by atoms with E-state index in [4.69, 9.17) is 9.47 Å². The van der Waals surface area contributed by atoms with Gasteiger partial charge in [-0.05, 0) is 103 Å². The zero-order valence-corrected chi connectivity index (χ0v) is 48.6. The molecule has 0 aliphatic rings. The molecule has 0 radical (unpaired) electrons. The van der Waals surface area contributed by atoms with Crippen molar-refractivity contribution in [3.8, 4) is 0 Å². The summed E-state index contributed by atoms with van der Waals surface area (Å²) in [5.74, 6) is -0.586. The highest BCUT2D eigenvalue weighted by Crippen LogP contribution is 2.16. The summed E-state index contributed by atoms with van der Waals surface area (Å²) in [5, 5.41) is 9.67. The second-order valence-corrected chi connectivity index (χ2v) is 20.8. The van der Waals surface area contributed by atoms with Crippen LogP contribution in [0.3, 0.4) is 0 Å². The fourth-order valence-corrected chi connectivity index (χ4v) is 8.86. The average Bonchev–Trinajstić information content (AvgIpc) is 3.40. The van der Waals surface area contributed by atoms with Gasteiger partial charge in [0.05, 0.1) is 6.61 Å². The van der Waals surface area contributed by atoms with Crippen LogP contribution in [0.4, 0.5) is 0 Å². The van der Waals surface area contributed by atoms with Crippen molar-refractivity contribution >= 4 is 11.9 Å². The van der Waals surface area contributed by atoms with Crippen LogP contribution in [0.15, 0.2) is 109 Å². The minimum Gasteiger partial charge on any atom is -0.462 e. The normalized spacial score (nSPS) is 13.0. The van der Waals surface area contributed by atoms with Crippen molar-refractivity contribution in [3.05, 3.63) is 109 Å². The van der Waals surface area contributed by atoms with Gasteiger partial charge in [0.1, 0.15) is 6.61 Å². The smallest absolute Gasteiger partial charge is 0.306 e. The molecular formula is C69H118O5. The molecule has 0 aromatic rings. The van der Waals surface area contributed by atoms with Crippen molar-refractivity contribution in [1.29, 1.82) is 0 Å². The first-order valence-corrected chi connectivity index (χ1v) is 31.4. The molecule has 74 heavy (non-hydrogen) atoms. The van der Waals surface area contributed by atoms with Crippen LogP contribution in [-0.4, -0.2) is 36.4 Å². The number of allylic oxidation sites excluding steroid dienone is 18. The molecule has 0 rings (SSSR count). The summed E-state index contributed by atoms with van der Waals surface area (Å²) in [5.41, 5.74) is 0. The summed E-state index contributed by atoms with van der Waals surface area (Å²) in [4.78, 5) is 24.5. The highest BCUT2D eigenvalue weighted by Gasteiger charge is 2.16. The van der Waals surface area contributed by atoms with E-state index in [1.165, 1.54) is 180 Å². The van der Waals surface area contributed by atoms with E-state index < -0.39 is 6.10 Å². The number of hydrogen-bond donors (Lipinski definition) is 1. The van der Waals surface area contributed by atoms with Gasteiger partial charge in [-0.2, -0.15) is 0 Å². The van der Waals surface area contributed by atoms with Gasteiger partial charge in [-0.15, -0.1) is 0 Å². The molecule has 0 saturated carbocycles. The van der Waals surface area contributed by atoms with Gasteiger partial charge in [0.15, 0.2) is 6.10 Å². The molecule has 0 aliphatic heterocycles. The van der Waals surface area contributed by atoms with E-state index in [-0.39, 0.29) is 25.2 Å². The lowest BCUT2D eigenvalue weighted by Gasteiger charge is -2.15. The number of aliphatic hydroxyl groups excluding tert-OH is 1. The Morgan fingerprint density at radius 2 is 0.581 bits per heavy atom. The molecule has 0 aromatic carbocycles. The first-order valence-electron chi connectivity index (χ1n) is 31.4. The third-order valence-corrected chi connectivity index (χ3v) is 13.6. The van der Waals surface area contributed by atoms with Crippen LogP contribution < -0.4 is 0 Å². The molecule has 0 amide bonds. The van der Waals surface area contributed by atoms with E-state index in [0.29, 0.717) is 12.8 Å². The van der Waals surface area contributed by atoms with E-state index >= 15 is 0 Å². The summed E-state index contributed by atoms with van der Waals surface area (Å²) in [6, 6.07) is 0. The number of esters is 2. The molecule has 1 N–H and O–H groups in total. The lowest BCUT2D eigenvalue weighted by molar-refractivity contribution is -0.161. The summed E-state index contributed by atoms with van der Waals surface area (Å²) >= 11 is 0. The van der Waals surface area contributed by atoms with E-state index in [1.54, 1.807) is 0 Å². The predicted octanol–water partition coefficient (Wildman–Crippen LogP) is 21.6. The van der Waals surface area contributed by atoms with Gasteiger partial charge in [-0.25, -0.2) is 0 Å². The number of unbranched alkanes of at least 4 members (excludes halogenated alkanes) is 31. The molecule has 0 fully saturated rings. The van der Waals surface area contributed by atoms with Crippen LogP contribution in [0.5, 0.6) is 0 Å². The Morgan fingerprint density at radius 1 is 0.324 bits per heavy atom. The molecule has 0 aliphatic carbocycles. The molecule has 0 saturated heterocycles. The van der Waals surface area contributed by atoms with Crippen molar-refractivity contribution < 1.29 is 24.2 Å². The molecule has 5 nitrogen and oxygen atoms in total. The lowest BCUT2D eigenvalue weighted by atomic mass is 10.0.